The van der Waals surface area contributed by atoms with Crippen LogP contribution in [0, 0.1) is 0 Å². The van der Waals surface area contributed by atoms with Gasteiger partial charge in [-0.1, -0.05) is 0 Å². The second-order valence-electron chi connectivity index (χ2n) is 4.80. The summed E-state index contributed by atoms with van der Waals surface area (Å²) in [7, 11) is 0. The number of aromatic nitrogens is 2. The first-order valence-electron chi connectivity index (χ1n) is 5.94. The molecule has 0 aliphatic rings. The van der Waals surface area contributed by atoms with Gasteiger partial charge in [-0.05, 0) is 27.2 Å². The van der Waals surface area contributed by atoms with E-state index in [1.807, 2.05) is 20.8 Å². The quantitative estimate of drug-likeness (QED) is 0.781. The number of hydrogen-bond acceptors (Lipinski definition) is 5. The van der Waals surface area contributed by atoms with Gasteiger partial charge in [0.25, 0.3) is 0 Å². The molecule has 0 aliphatic carbocycles. The average Bonchev–Trinajstić information content (AvgIpc) is 2.27. The minimum atomic E-state index is -0.456. The smallest absolute Gasteiger partial charge is 0.407 e. The summed E-state index contributed by atoms with van der Waals surface area (Å²) in [6.07, 6.45) is 5.30. The molecule has 0 aromatic carbocycles. The third kappa shape index (κ3) is 6.67. The van der Waals surface area contributed by atoms with E-state index in [0.717, 1.165) is 12.2 Å². The number of ether oxygens (including phenoxy) is 1. The molecule has 1 amide bonds. The summed E-state index contributed by atoms with van der Waals surface area (Å²) >= 11 is 0. The van der Waals surface area contributed by atoms with Crippen molar-refractivity contribution in [1.29, 1.82) is 0 Å². The molecule has 1 rings (SSSR count). The molecular formula is C12H20N4O2. The molecule has 0 unspecified atom stereocenters. The summed E-state index contributed by atoms with van der Waals surface area (Å²) in [5.74, 6) is 0.731. The van der Waals surface area contributed by atoms with Crippen molar-refractivity contribution in [2.75, 3.05) is 18.4 Å². The van der Waals surface area contributed by atoms with Crippen molar-refractivity contribution in [3.8, 4) is 0 Å². The number of carbonyl (C=O) groups is 1. The second kappa shape index (κ2) is 6.78. The predicted molar refractivity (Wildman–Crippen MR) is 69.4 cm³/mol. The second-order valence-corrected chi connectivity index (χ2v) is 4.80. The van der Waals surface area contributed by atoms with Crippen molar-refractivity contribution in [2.45, 2.75) is 32.8 Å². The molecule has 1 heterocycles. The largest absolute Gasteiger partial charge is 0.444 e. The van der Waals surface area contributed by atoms with E-state index in [-0.39, 0.29) is 6.09 Å². The van der Waals surface area contributed by atoms with Gasteiger partial charge in [0.15, 0.2) is 0 Å². The standard InChI is InChI=1S/C12H20N4O2/c1-12(2,3)18-11(17)16-6-4-5-14-10-9-13-7-8-15-10/h7-9H,4-6H2,1-3H3,(H,14,15)(H,16,17). The van der Waals surface area contributed by atoms with Crippen LogP contribution in [0.5, 0.6) is 0 Å². The summed E-state index contributed by atoms with van der Waals surface area (Å²) < 4.78 is 5.11. The lowest BCUT2D eigenvalue weighted by Gasteiger charge is -2.19. The van der Waals surface area contributed by atoms with Crippen LogP contribution in [0.3, 0.4) is 0 Å². The highest BCUT2D eigenvalue weighted by Crippen LogP contribution is 2.06. The van der Waals surface area contributed by atoms with Crippen LogP contribution in [0.2, 0.25) is 0 Å². The third-order valence-corrected chi connectivity index (χ3v) is 1.89. The number of nitrogens with zero attached hydrogens (tertiary/aromatic N) is 2. The van der Waals surface area contributed by atoms with Gasteiger partial charge in [0.2, 0.25) is 0 Å². The molecule has 0 bridgehead atoms. The van der Waals surface area contributed by atoms with Crippen LogP contribution in [-0.4, -0.2) is 34.8 Å². The van der Waals surface area contributed by atoms with Crippen molar-refractivity contribution in [1.82, 2.24) is 15.3 Å². The number of amides is 1. The van der Waals surface area contributed by atoms with E-state index < -0.39 is 5.60 Å². The van der Waals surface area contributed by atoms with E-state index >= 15 is 0 Å². The van der Waals surface area contributed by atoms with Crippen molar-refractivity contribution < 1.29 is 9.53 Å². The predicted octanol–water partition coefficient (Wildman–Crippen LogP) is 1.80. The molecule has 6 heteroatoms. The highest BCUT2D eigenvalue weighted by molar-refractivity contribution is 5.67. The van der Waals surface area contributed by atoms with Crippen LogP contribution in [0.4, 0.5) is 10.6 Å². The Bertz CT molecular complexity index is 362. The number of anilines is 1. The Morgan fingerprint density at radius 3 is 2.72 bits per heavy atom. The number of carbonyl (C=O) groups excluding carboxylic acids is 1. The van der Waals surface area contributed by atoms with Gasteiger partial charge in [-0.3, -0.25) is 4.98 Å². The van der Waals surface area contributed by atoms with Gasteiger partial charge in [0.1, 0.15) is 11.4 Å². The fraction of sp³-hybridized carbons (Fsp3) is 0.583. The fourth-order valence-corrected chi connectivity index (χ4v) is 1.20. The van der Waals surface area contributed by atoms with E-state index in [2.05, 4.69) is 20.6 Å². The number of rotatable bonds is 5. The van der Waals surface area contributed by atoms with Gasteiger partial charge in [-0.25, -0.2) is 9.78 Å². The highest BCUT2D eigenvalue weighted by Gasteiger charge is 2.15. The van der Waals surface area contributed by atoms with Crippen molar-refractivity contribution in [3.63, 3.8) is 0 Å². The van der Waals surface area contributed by atoms with Gasteiger partial charge >= 0.3 is 6.09 Å². The Morgan fingerprint density at radius 1 is 1.33 bits per heavy atom. The summed E-state index contributed by atoms with van der Waals surface area (Å²) in [6, 6.07) is 0. The van der Waals surface area contributed by atoms with Gasteiger partial charge < -0.3 is 15.4 Å². The topological polar surface area (TPSA) is 76.1 Å². The normalized spacial score (nSPS) is 10.8. The van der Waals surface area contributed by atoms with Crippen LogP contribution >= 0.6 is 0 Å². The molecule has 0 fully saturated rings. The van der Waals surface area contributed by atoms with Crippen molar-refractivity contribution >= 4 is 11.9 Å². The van der Waals surface area contributed by atoms with Crippen LogP contribution in [0.15, 0.2) is 18.6 Å². The fourth-order valence-electron chi connectivity index (χ4n) is 1.20. The molecule has 0 spiro atoms. The first-order valence-corrected chi connectivity index (χ1v) is 5.94. The molecule has 1 aromatic rings. The third-order valence-electron chi connectivity index (χ3n) is 1.89. The molecule has 18 heavy (non-hydrogen) atoms. The van der Waals surface area contributed by atoms with Crippen LogP contribution in [0.1, 0.15) is 27.2 Å². The summed E-state index contributed by atoms with van der Waals surface area (Å²) in [4.78, 5) is 19.3. The number of alkyl carbamates (subject to hydrolysis) is 1. The van der Waals surface area contributed by atoms with Gasteiger partial charge in [0.05, 0.1) is 6.20 Å². The molecule has 100 valence electrons. The molecule has 0 aliphatic heterocycles. The minimum absolute atomic E-state index is 0.387. The molecule has 0 saturated heterocycles. The Kier molecular flexibility index (Phi) is 5.35. The average molecular weight is 252 g/mol. The first kappa shape index (κ1) is 14.2. The Morgan fingerprint density at radius 2 is 2.11 bits per heavy atom. The highest BCUT2D eigenvalue weighted by atomic mass is 16.6. The van der Waals surface area contributed by atoms with E-state index in [0.29, 0.717) is 13.1 Å². The Hall–Kier alpha value is -1.85. The van der Waals surface area contributed by atoms with Crippen LogP contribution in [0.25, 0.3) is 0 Å². The molecule has 2 N–H and O–H groups in total. The van der Waals surface area contributed by atoms with E-state index in [1.165, 1.54) is 0 Å². The molecule has 1 aromatic heterocycles. The lowest BCUT2D eigenvalue weighted by molar-refractivity contribution is 0.0528. The molecular weight excluding hydrogens is 232 g/mol. The molecule has 0 saturated carbocycles. The van der Waals surface area contributed by atoms with Crippen LogP contribution < -0.4 is 10.6 Å². The lowest BCUT2D eigenvalue weighted by Crippen LogP contribution is -2.33. The Balaban J connectivity index is 2.07. The molecule has 6 nitrogen and oxygen atoms in total. The SMILES string of the molecule is CC(C)(C)OC(=O)NCCCNc1cnccn1. The zero-order valence-electron chi connectivity index (χ0n) is 11.1. The van der Waals surface area contributed by atoms with E-state index in [9.17, 15) is 4.79 Å². The Labute approximate surface area is 107 Å². The van der Waals surface area contributed by atoms with Crippen molar-refractivity contribution in [3.05, 3.63) is 18.6 Å². The van der Waals surface area contributed by atoms with Gasteiger partial charge in [-0.2, -0.15) is 0 Å². The zero-order valence-corrected chi connectivity index (χ0v) is 11.1. The summed E-state index contributed by atoms with van der Waals surface area (Å²) in [6.45, 7) is 6.78. The van der Waals surface area contributed by atoms with Gasteiger partial charge in [0, 0.05) is 25.5 Å². The van der Waals surface area contributed by atoms with Crippen molar-refractivity contribution in [2.24, 2.45) is 0 Å². The maximum atomic E-state index is 11.3. The molecule has 0 radical (unpaired) electrons. The maximum Gasteiger partial charge on any atom is 0.407 e. The number of nitrogens with one attached hydrogen (secondary N) is 2. The first-order chi connectivity index (χ1) is 8.47. The molecule has 0 atom stereocenters. The minimum Gasteiger partial charge on any atom is -0.444 e. The summed E-state index contributed by atoms with van der Waals surface area (Å²) in [5, 5.41) is 5.79. The zero-order chi connectivity index (χ0) is 13.4. The van der Waals surface area contributed by atoms with E-state index in [1.54, 1.807) is 18.6 Å². The number of hydrogen-bond donors (Lipinski definition) is 2. The lowest BCUT2D eigenvalue weighted by atomic mass is 10.2. The summed E-state index contributed by atoms with van der Waals surface area (Å²) in [5.41, 5.74) is -0.456. The monoisotopic (exact) mass is 252 g/mol. The van der Waals surface area contributed by atoms with Crippen LogP contribution in [-0.2, 0) is 4.74 Å². The van der Waals surface area contributed by atoms with E-state index in [4.69, 9.17) is 4.74 Å². The maximum absolute atomic E-state index is 11.3. The van der Waals surface area contributed by atoms with Gasteiger partial charge in [-0.15, -0.1) is 0 Å².